The molecule has 5 heteroatoms. The van der Waals surface area contributed by atoms with Crippen molar-refractivity contribution >= 4 is 0 Å². The summed E-state index contributed by atoms with van der Waals surface area (Å²) in [5.74, 6) is -1.60. The first kappa shape index (κ1) is 9.79. The van der Waals surface area contributed by atoms with Gasteiger partial charge in [0.25, 0.3) is 0 Å². The van der Waals surface area contributed by atoms with Gasteiger partial charge in [-0.2, -0.15) is 0 Å². The van der Waals surface area contributed by atoms with Crippen LogP contribution in [0.25, 0.3) is 11.5 Å². The van der Waals surface area contributed by atoms with Gasteiger partial charge >= 0.3 is 0 Å². The smallest absolute Gasteiger partial charge is 0.226 e. The second-order valence-corrected chi connectivity index (χ2v) is 2.98. The average Bonchev–Trinajstić information content (AvgIpc) is 2.70. The van der Waals surface area contributed by atoms with Crippen LogP contribution < -0.4 is 5.73 Å². The van der Waals surface area contributed by atoms with Crippen molar-refractivity contribution in [3.63, 3.8) is 0 Å². The third-order valence-electron chi connectivity index (χ3n) is 1.93. The van der Waals surface area contributed by atoms with Crippen molar-refractivity contribution in [3.05, 3.63) is 41.8 Å². The van der Waals surface area contributed by atoms with Crippen LogP contribution in [0.15, 0.2) is 28.9 Å². The van der Waals surface area contributed by atoms with Crippen LogP contribution in [-0.4, -0.2) is 4.98 Å². The maximum atomic E-state index is 12.9. The first-order valence-corrected chi connectivity index (χ1v) is 4.30. The maximum Gasteiger partial charge on any atom is 0.226 e. The van der Waals surface area contributed by atoms with E-state index in [1.807, 2.05) is 0 Å². The molecular weight excluding hydrogens is 202 g/mol. The summed E-state index contributed by atoms with van der Waals surface area (Å²) in [5, 5.41) is 0. The molecule has 0 saturated carbocycles. The number of aromatic nitrogens is 1. The Hall–Kier alpha value is -1.75. The summed E-state index contributed by atoms with van der Waals surface area (Å²) in [5.41, 5.74) is 6.29. The third-order valence-corrected chi connectivity index (χ3v) is 1.93. The predicted octanol–water partition coefficient (Wildman–Crippen LogP) is 2.08. The molecular formula is C10H8F2N2O. The minimum Gasteiger partial charge on any atom is -0.444 e. The molecule has 3 nitrogen and oxygen atoms in total. The van der Waals surface area contributed by atoms with E-state index in [0.29, 0.717) is 11.3 Å². The minimum atomic E-state index is -0.931. The molecule has 0 atom stereocenters. The fourth-order valence-corrected chi connectivity index (χ4v) is 1.16. The Balaban J connectivity index is 2.40. The zero-order valence-corrected chi connectivity index (χ0v) is 7.71. The van der Waals surface area contributed by atoms with Crippen LogP contribution in [0.2, 0.25) is 0 Å². The molecule has 1 aromatic carbocycles. The van der Waals surface area contributed by atoms with Crippen molar-refractivity contribution < 1.29 is 13.2 Å². The van der Waals surface area contributed by atoms with Crippen molar-refractivity contribution in [2.24, 2.45) is 5.73 Å². The van der Waals surface area contributed by atoms with E-state index < -0.39 is 11.6 Å². The topological polar surface area (TPSA) is 52.0 Å². The first-order valence-electron chi connectivity index (χ1n) is 4.30. The molecule has 1 heterocycles. The second-order valence-electron chi connectivity index (χ2n) is 2.98. The van der Waals surface area contributed by atoms with E-state index in [9.17, 15) is 8.78 Å². The van der Waals surface area contributed by atoms with E-state index >= 15 is 0 Å². The third kappa shape index (κ3) is 1.87. The van der Waals surface area contributed by atoms with Gasteiger partial charge in [0.05, 0.1) is 5.69 Å². The standard InChI is InChI=1S/C10H8F2N2O/c11-8-2-1-6(3-9(8)12)10-14-7(4-13)5-15-10/h1-3,5H,4,13H2. The zero-order valence-electron chi connectivity index (χ0n) is 7.71. The normalized spacial score (nSPS) is 10.6. The van der Waals surface area contributed by atoms with Gasteiger partial charge in [0.2, 0.25) is 5.89 Å². The van der Waals surface area contributed by atoms with Gasteiger partial charge in [-0.05, 0) is 18.2 Å². The predicted molar refractivity (Wildman–Crippen MR) is 49.7 cm³/mol. The van der Waals surface area contributed by atoms with Gasteiger partial charge in [-0.1, -0.05) is 0 Å². The van der Waals surface area contributed by atoms with Gasteiger partial charge in [0.1, 0.15) is 6.26 Å². The molecule has 0 saturated heterocycles. The number of halogens is 2. The van der Waals surface area contributed by atoms with Gasteiger partial charge in [-0.3, -0.25) is 0 Å². The van der Waals surface area contributed by atoms with Crippen LogP contribution in [0.1, 0.15) is 5.69 Å². The molecule has 0 spiro atoms. The molecule has 0 aliphatic rings. The van der Waals surface area contributed by atoms with Gasteiger partial charge in [-0.15, -0.1) is 0 Å². The van der Waals surface area contributed by atoms with Crippen LogP contribution in [0.4, 0.5) is 8.78 Å². The summed E-state index contributed by atoms with van der Waals surface area (Å²) in [7, 11) is 0. The lowest BCUT2D eigenvalue weighted by molar-refractivity contribution is 0.507. The monoisotopic (exact) mass is 210 g/mol. The van der Waals surface area contributed by atoms with Crippen molar-refractivity contribution in [1.82, 2.24) is 4.98 Å². The Labute approximate surface area is 84.5 Å². The maximum absolute atomic E-state index is 12.9. The fraction of sp³-hybridized carbons (Fsp3) is 0.100. The molecule has 0 aliphatic heterocycles. The summed E-state index contributed by atoms with van der Waals surface area (Å²) in [6.07, 6.45) is 1.39. The Kier molecular flexibility index (Phi) is 2.47. The quantitative estimate of drug-likeness (QED) is 0.825. The highest BCUT2D eigenvalue weighted by molar-refractivity contribution is 5.53. The van der Waals surface area contributed by atoms with Crippen LogP contribution in [0.5, 0.6) is 0 Å². The summed E-state index contributed by atoms with van der Waals surface area (Å²) in [6, 6.07) is 3.45. The molecule has 0 aliphatic carbocycles. The summed E-state index contributed by atoms with van der Waals surface area (Å²) < 4.78 is 30.6. The highest BCUT2D eigenvalue weighted by Crippen LogP contribution is 2.20. The lowest BCUT2D eigenvalue weighted by Gasteiger charge is -1.96. The molecule has 0 fully saturated rings. The van der Waals surface area contributed by atoms with Gasteiger partial charge < -0.3 is 10.2 Å². The number of nitrogens with two attached hydrogens (primary N) is 1. The molecule has 2 rings (SSSR count). The summed E-state index contributed by atoms with van der Waals surface area (Å²) in [4.78, 5) is 3.99. The number of rotatable bonds is 2. The Bertz CT molecular complexity index is 482. The van der Waals surface area contributed by atoms with Crippen molar-refractivity contribution in [2.75, 3.05) is 0 Å². The molecule has 2 N–H and O–H groups in total. The minimum absolute atomic E-state index is 0.231. The molecule has 0 amide bonds. The molecule has 78 valence electrons. The zero-order chi connectivity index (χ0) is 10.8. The fourth-order valence-electron chi connectivity index (χ4n) is 1.16. The average molecular weight is 210 g/mol. The Morgan fingerprint density at radius 2 is 2.07 bits per heavy atom. The summed E-state index contributed by atoms with van der Waals surface area (Å²) >= 11 is 0. The van der Waals surface area contributed by atoms with E-state index in [-0.39, 0.29) is 12.4 Å². The van der Waals surface area contributed by atoms with Crippen LogP contribution in [0.3, 0.4) is 0 Å². The number of hydrogen-bond donors (Lipinski definition) is 1. The van der Waals surface area contributed by atoms with Gasteiger partial charge in [-0.25, -0.2) is 13.8 Å². The largest absolute Gasteiger partial charge is 0.444 e. The number of oxazole rings is 1. The van der Waals surface area contributed by atoms with E-state index in [4.69, 9.17) is 10.2 Å². The number of nitrogens with zero attached hydrogens (tertiary/aromatic N) is 1. The van der Waals surface area contributed by atoms with Crippen molar-refractivity contribution in [1.29, 1.82) is 0 Å². The lowest BCUT2D eigenvalue weighted by atomic mass is 10.2. The molecule has 0 bridgehead atoms. The van der Waals surface area contributed by atoms with Gasteiger partial charge in [0.15, 0.2) is 11.6 Å². The van der Waals surface area contributed by atoms with Crippen LogP contribution in [0, 0.1) is 11.6 Å². The SMILES string of the molecule is NCc1coc(-c2ccc(F)c(F)c2)n1. The Morgan fingerprint density at radius 3 is 2.67 bits per heavy atom. The molecule has 2 aromatic rings. The first-order chi connectivity index (χ1) is 7.20. The Morgan fingerprint density at radius 1 is 1.27 bits per heavy atom. The number of benzene rings is 1. The van der Waals surface area contributed by atoms with E-state index in [1.165, 1.54) is 12.3 Å². The lowest BCUT2D eigenvalue weighted by Crippen LogP contribution is -1.95. The second kappa shape index (κ2) is 3.78. The molecule has 15 heavy (non-hydrogen) atoms. The number of hydrogen-bond acceptors (Lipinski definition) is 3. The van der Waals surface area contributed by atoms with Gasteiger partial charge in [0, 0.05) is 12.1 Å². The molecule has 0 radical (unpaired) electrons. The highest BCUT2D eigenvalue weighted by Gasteiger charge is 2.09. The molecule has 1 aromatic heterocycles. The summed E-state index contributed by atoms with van der Waals surface area (Å²) in [6.45, 7) is 0.243. The van der Waals surface area contributed by atoms with Crippen molar-refractivity contribution in [2.45, 2.75) is 6.54 Å². The van der Waals surface area contributed by atoms with E-state index in [1.54, 1.807) is 0 Å². The highest BCUT2D eigenvalue weighted by atomic mass is 19.2. The van der Waals surface area contributed by atoms with Crippen molar-refractivity contribution in [3.8, 4) is 11.5 Å². The van der Waals surface area contributed by atoms with Crippen LogP contribution >= 0.6 is 0 Å². The van der Waals surface area contributed by atoms with E-state index in [0.717, 1.165) is 12.1 Å². The molecule has 0 unspecified atom stereocenters. The van der Waals surface area contributed by atoms with E-state index in [2.05, 4.69) is 4.98 Å². The van der Waals surface area contributed by atoms with Crippen LogP contribution in [-0.2, 0) is 6.54 Å².